The first-order chi connectivity index (χ1) is 8.85. The van der Waals surface area contributed by atoms with Crippen molar-refractivity contribution in [2.45, 2.75) is 19.0 Å². The topological polar surface area (TPSA) is 102 Å². The van der Waals surface area contributed by atoms with Crippen LogP contribution in [-0.4, -0.2) is 54.2 Å². The molecule has 0 atom stereocenters. The summed E-state index contributed by atoms with van der Waals surface area (Å²) in [6.07, 6.45) is 1.21. The highest BCUT2D eigenvalue weighted by Gasteiger charge is 2.11. The van der Waals surface area contributed by atoms with Gasteiger partial charge in [-0.1, -0.05) is 11.8 Å². The van der Waals surface area contributed by atoms with Gasteiger partial charge in [-0.2, -0.15) is 15.0 Å². The van der Waals surface area contributed by atoms with Crippen LogP contribution in [-0.2, 0) is 9.84 Å². The van der Waals surface area contributed by atoms with Crippen molar-refractivity contribution in [1.82, 2.24) is 15.0 Å². The summed E-state index contributed by atoms with van der Waals surface area (Å²) in [5, 5.41) is 0.457. The lowest BCUT2D eigenvalue weighted by molar-refractivity contribution is 0.603. The number of rotatable bonds is 7. The SMILES string of the molecule is CCN(CC)c1nc(N)nc(SCCS(C)(=O)=O)n1. The van der Waals surface area contributed by atoms with E-state index in [-0.39, 0.29) is 11.7 Å². The molecule has 0 spiro atoms. The normalized spacial score (nSPS) is 11.5. The summed E-state index contributed by atoms with van der Waals surface area (Å²) in [4.78, 5) is 14.3. The van der Waals surface area contributed by atoms with Crippen LogP contribution in [0, 0.1) is 0 Å². The van der Waals surface area contributed by atoms with E-state index in [9.17, 15) is 8.42 Å². The number of nitrogen functional groups attached to an aromatic ring is 1. The summed E-state index contributed by atoms with van der Waals surface area (Å²) >= 11 is 1.27. The Bertz CT molecular complexity index is 517. The number of thioether (sulfide) groups is 1. The van der Waals surface area contributed by atoms with E-state index in [1.54, 1.807) is 0 Å². The molecule has 1 aromatic rings. The van der Waals surface area contributed by atoms with Crippen LogP contribution < -0.4 is 10.6 Å². The lowest BCUT2D eigenvalue weighted by Crippen LogP contribution is -2.25. The number of anilines is 2. The van der Waals surface area contributed by atoms with E-state index in [1.807, 2.05) is 18.7 Å². The number of hydrogen-bond acceptors (Lipinski definition) is 8. The summed E-state index contributed by atoms with van der Waals surface area (Å²) in [5.41, 5.74) is 5.64. The summed E-state index contributed by atoms with van der Waals surface area (Å²) < 4.78 is 22.1. The molecule has 1 heterocycles. The van der Waals surface area contributed by atoms with Gasteiger partial charge in [-0.15, -0.1) is 0 Å². The largest absolute Gasteiger partial charge is 0.368 e. The summed E-state index contributed by atoms with van der Waals surface area (Å²) in [6.45, 7) is 5.54. The van der Waals surface area contributed by atoms with Gasteiger partial charge >= 0.3 is 0 Å². The smallest absolute Gasteiger partial charge is 0.231 e. The zero-order chi connectivity index (χ0) is 14.5. The Labute approximate surface area is 117 Å². The minimum Gasteiger partial charge on any atom is -0.368 e. The maximum Gasteiger partial charge on any atom is 0.231 e. The van der Waals surface area contributed by atoms with Gasteiger partial charge < -0.3 is 10.6 Å². The van der Waals surface area contributed by atoms with E-state index in [1.165, 1.54) is 18.0 Å². The van der Waals surface area contributed by atoms with Gasteiger partial charge in [0.15, 0.2) is 5.16 Å². The van der Waals surface area contributed by atoms with Crippen LogP contribution in [0.25, 0.3) is 0 Å². The van der Waals surface area contributed by atoms with E-state index in [0.29, 0.717) is 16.9 Å². The molecule has 9 heteroatoms. The predicted octanol–water partition coefficient (Wildman–Crippen LogP) is 0.437. The molecule has 7 nitrogen and oxygen atoms in total. The molecule has 0 aliphatic rings. The van der Waals surface area contributed by atoms with Crippen LogP contribution in [0.3, 0.4) is 0 Å². The minimum atomic E-state index is -2.97. The molecule has 0 unspecified atom stereocenters. The highest BCUT2D eigenvalue weighted by molar-refractivity contribution is 8.00. The Balaban J connectivity index is 2.79. The molecule has 0 aromatic carbocycles. The van der Waals surface area contributed by atoms with Gasteiger partial charge in [0.2, 0.25) is 11.9 Å². The molecule has 0 amide bonds. The third-order valence-corrected chi connectivity index (χ3v) is 4.41. The molecular weight excluding hydrogens is 286 g/mol. The molecule has 1 aromatic heterocycles. The van der Waals surface area contributed by atoms with E-state index >= 15 is 0 Å². The van der Waals surface area contributed by atoms with Crippen molar-refractivity contribution in [2.24, 2.45) is 0 Å². The molecule has 2 N–H and O–H groups in total. The zero-order valence-electron chi connectivity index (χ0n) is 11.3. The maximum absolute atomic E-state index is 11.1. The second-order valence-corrected chi connectivity index (χ2v) is 7.25. The minimum absolute atomic E-state index is 0.0872. The molecule has 108 valence electrons. The highest BCUT2D eigenvalue weighted by Crippen LogP contribution is 2.17. The van der Waals surface area contributed by atoms with Gasteiger partial charge in [-0.05, 0) is 13.8 Å². The van der Waals surface area contributed by atoms with E-state index < -0.39 is 9.84 Å². The Morgan fingerprint density at radius 3 is 2.37 bits per heavy atom. The molecule has 0 saturated carbocycles. The Kier molecular flexibility index (Phi) is 5.80. The highest BCUT2D eigenvalue weighted by atomic mass is 32.2. The lowest BCUT2D eigenvalue weighted by atomic mass is 10.5. The fraction of sp³-hybridized carbons (Fsp3) is 0.700. The van der Waals surface area contributed by atoms with Crippen molar-refractivity contribution >= 4 is 33.5 Å². The van der Waals surface area contributed by atoms with Crippen molar-refractivity contribution < 1.29 is 8.42 Å². The van der Waals surface area contributed by atoms with Crippen molar-refractivity contribution in [3.05, 3.63) is 0 Å². The molecule has 0 fully saturated rings. The van der Waals surface area contributed by atoms with Gasteiger partial charge in [0.05, 0.1) is 5.75 Å². The first-order valence-electron chi connectivity index (χ1n) is 5.92. The number of sulfone groups is 1. The number of aromatic nitrogens is 3. The van der Waals surface area contributed by atoms with Crippen molar-refractivity contribution in [2.75, 3.05) is 41.5 Å². The van der Waals surface area contributed by atoms with Crippen LogP contribution >= 0.6 is 11.8 Å². The van der Waals surface area contributed by atoms with E-state index in [0.717, 1.165) is 13.1 Å². The van der Waals surface area contributed by atoms with E-state index in [4.69, 9.17) is 5.73 Å². The van der Waals surface area contributed by atoms with Crippen molar-refractivity contribution in [3.8, 4) is 0 Å². The second kappa shape index (κ2) is 6.90. The van der Waals surface area contributed by atoms with Crippen LogP contribution in [0.2, 0.25) is 0 Å². The quantitative estimate of drug-likeness (QED) is 0.724. The number of hydrogen-bond donors (Lipinski definition) is 1. The molecule has 0 saturated heterocycles. The van der Waals surface area contributed by atoms with Crippen LogP contribution in [0.5, 0.6) is 0 Å². The molecule has 0 radical (unpaired) electrons. The van der Waals surface area contributed by atoms with Crippen LogP contribution in [0.15, 0.2) is 5.16 Å². The Hall–Kier alpha value is -1.09. The molecule has 0 aliphatic heterocycles. The Morgan fingerprint density at radius 2 is 1.84 bits per heavy atom. The molecular formula is C10H19N5O2S2. The van der Waals surface area contributed by atoms with Crippen LogP contribution in [0.4, 0.5) is 11.9 Å². The molecule has 0 bridgehead atoms. The van der Waals surface area contributed by atoms with Gasteiger partial charge in [0.1, 0.15) is 9.84 Å². The average Bonchev–Trinajstić information content (AvgIpc) is 2.28. The summed E-state index contributed by atoms with van der Waals surface area (Å²) in [6, 6.07) is 0. The predicted molar refractivity (Wildman–Crippen MR) is 78.2 cm³/mol. The van der Waals surface area contributed by atoms with Gasteiger partial charge in [-0.3, -0.25) is 0 Å². The average molecular weight is 305 g/mol. The van der Waals surface area contributed by atoms with Crippen LogP contribution in [0.1, 0.15) is 13.8 Å². The maximum atomic E-state index is 11.1. The first-order valence-corrected chi connectivity index (χ1v) is 8.97. The monoisotopic (exact) mass is 305 g/mol. The second-order valence-electron chi connectivity index (χ2n) is 3.93. The van der Waals surface area contributed by atoms with Crippen molar-refractivity contribution in [3.63, 3.8) is 0 Å². The fourth-order valence-corrected chi connectivity index (χ4v) is 3.39. The number of nitrogens with two attached hydrogens (primary N) is 1. The van der Waals surface area contributed by atoms with Crippen molar-refractivity contribution in [1.29, 1.82) is 0 Å². The molecule has 1 rings (SSSR count). The standard InChI is InChI=1S/C10H19N5O2S2/c1-4-15(5-2)9-12-8(11)13-10(14-9)18-6-7-19(3,16)17/h4-7H2,1-3H3,(H2,11,12,13,14). The van der Waals surface area contributed by atoms with Gasteiger partial charge in [0, 0.05) is 25.1 Å². The fourth-order valence-electron chi connectivity index (χ4n) is 1.36. The molecule has 19 heavy (non-hydrogen) atoms. The first kappa shape index (κ1) is 16.0. The van der Waals surface area contributed by atoms with Gasteiger partial charge in [0.25, 0.3) is 0 Å². The summed E-state index contributed by atoms with van der Waals surface area (Å²) in [7, 11) is -2.97. The Morgan fingerprint density at radius 1 is 1.21 bits per heavy atom. The number of nitrogens with zero attached hydrogens (tertiary/aromatic N) is 4. The zero-order valence-corrected chi connectivity index (χ0v) is 13.0. The third kappa shape index (κ3) is 5.60. The molecule has 0 aliphatic carbocycles. The third-order valence-electron chi connectivity index (χ3n) is 2.35. The van der Waals surface area contributed by atoms with Gasteiger partial charge in [-0.25, -0.2) is 8.42 Å². The van der Waals surface area contributed by atoms with E-state index in [2.05, 4.69) is 15.0 Å². The lowest BCUT2D eigenvalue weighted by Gasteiger charge is -2.18. The summed E-state index contributed by atoms with van der Waals surface area (Å²) in [5.74, 6) is 1.17.